The highest BCUT2D eigenvalue weighted by Crippen LogP contribution is 2.30. The Bertz CT molecular complexity index is 611. The minimum absolute atomic E-state index is 0.104. The average Bonchev–Trinajstić information content (AvgIpc) is 2.38. The van der Waals surface area contributed by atoms with Gasteiger partial charge in [0.2, 0.25) is 0 Å². The van der Waals surface area contributed by atoms with Gasteiger partial charge in [-0.1, -0.05) is 36.7 Å². The minimum Gasteiger partial charge on any atom is -0.457 e. The van der Waals surface area contributed by atoms with Gasteiger partial charge in [0.05, 0.1) is 10.6 Å². The van der Waals surface area contributed by atoms with E-state index < -0.39 is 0 Å². The third kappa shape index (κ3) is 3.06. The SMILES string of the molecule is CCc1cccc(Oc2cccc(Cl)c2C(=N)N)c1. The zero-order chi connectivity index (χ0) is 13.8. The maximum atomic E-state index is 7.57. The van der Waals surface area contributed by atoms with Crippen molar-refractivity contribution in [2.75, 3.05) is 0 Å². The van der Waals surface area contributed by atoms with E-state index in [-0.39, 0.29) is 5.84 Å². The van der Waals surface area contributed by atoms with Crippen molar-refractivity contribution in [2.45, 2.75) is 13.3 Å². The van der Waals surface area contributed by atoms with Gasteiger partial charge >= 0.3 is 0 Å². The van der Waals surface area contributed by atoms with E-state index in [9.17, 15) is 0 Å². The Labute approximate surface area is 117 Å². The van der Waals surface area contributed by atoms with Gasteiger partial charge in [-0.3, -0.25) is 5.41 Å². The van der Waals surface area contributed by atoms with Crippen LogP contribution in [0.3, 0.4) is 0 Å². The fourth-order valence-electron chi connectivity index (χ4n) is 1.81. The Morgan fingerprint density at radius 2 is 2.00 bits per heavy atom. The van der Waals surface area contributed by atoms with E-state index in [0.29, 0.717) is 22.1 Å². The lowest BCUT2D eigenvalue weighted by molar-refractivity contribution is 0.481. The number of nitrogens with two attached hydrogens (primary N) is 1. The maximum absolute atomic E-state index is 7.57. The van der Waals surface area contributed by atoms with Crippen molar-refractivity contribution in [3.63, 3.8) is 0 Å². The van der Waals surface area contributed by atoms with Crippen LogP contribution in [0.25, 0.3) is 0 Å². The number of ether oxygens (including phenoxy) is 1. The number of hydrogen-bond acceptors (Lipinski definition) is 2. The summed E-state index contributed by atoms with van der Waals surface area (Å²) < 4.78 is 5.79. The molecule has 0 spiro atoms. The van der Waals surface area contributed by atoms with Crippen molar-refractivity contribution in [1.82, 2.24) is 0 Å². The lowest BCUT2D eigenvalue weighted by Crippen LogP contribution is -2.13. The summed E-state index contributed by atoms with van der Waals surface area (Å²) in [7, 11) is 0. The number of halogens is 1. The van der Waals surface area contributed by atoms with E-state index in [1.165, 1.54) is 5.56 Å². The number of aryl methyl sites for hydroxylation is 1. The molecule has 3 nitrogen and oxygen atoms in total. The standard InChI is InChI=1S/C15H15ClN2O/c1-2-10-5-3-6-11(9-10)19-13-8-4-7-12(16)14(13)15(17)18/h3-9H,2H2,1H3,(H3,17,18). The van der Waals surface area contributed by atoms with Crippen LogP contribution in [-0.2, 0) is 6.42 Å². The molecule has 0 atom stereocenters. The quantitative estimate of drug-likeness (QED) is 0.654. The van der Waals surface area contributed by atoms with Crippen LogP contribution >= 0.6 is 11.6 Å². The summed E-state index contributed by atoms with van der Waals surface area (Å²) in [4.78, 5) is 0. The van der Waals surface area contributed by atoms with Crippen molar-refractivity contribution in [3.05, 3.63) is 58.6 Å². The summed E-state index contributed by atoms with van der Waals surface area (Å²) in [5.74, 6) is 1.10. The molecule has 0 radical (unpaired) electrons. The Morgan fingerprint density at radius 1 is 1.26 bits per heavy atom. The minimum atomic E-state index is -0.104. The molecule has 2 aromatic carbocycles. The summed E-state index contributed by atoms with van der Waals surface area (Å²) in [5.41, 5.74) is 7.15. The lowest BCUT2D eigenvalue weighted by Gasteiger charge is -2.12. The Balaban J connectivity index is 2.38. The van der Waals surface area contributed by atoms with Crippen LogP contribution in [0.15, 0.2) is 42.5 Å². The zero-order valence-corrected chi connectivity index (χ0v) is 11.4. The van der Waals surface area contributed by atoms with Crippen LogP contribution in [0, 0.1) is 5.41 Å². The van der Waals surface area contributed by atoms with Gasteiger partial charge in [-0.2, -0.15) is 0 Å². The molecule has 0 heterocycles. The first-order valence-corrected chi connectivity index (χ1v) is 6.39. The van der Waals surface area contributed by atoms with Crippen LogP contribution < -0.4 is 10.5 Å². The number of amidine groups is 1. The van der Waals surface area contributed by atoms with Gasteiger partial charge in [-0.05, 0) is 36.2 Å². The van der Waals surface area contributed by atoms with E-state index in [0.717, 1.165) is 6.42 Å². The average molecular weight is 275 g/mol. The van der Waals surface area contributed by atoms with E-state index >= 15 is 0 Å². The Morgan fingerprint density at radius 3 is 2.68 bits per heavy atom. The molecule has 4 heteroatoms. The van der Waals surface area contributed by atoms with Crippen molar-refractivity contribution in [2.24, 2.45) is 5.73 Å². The van der Waals surface area contributed by atoms with Crippen LogP contribution in [0.1, 0.15) is 18.1 Å². The van der Waals surface area contributed by atoms with E-state index in [4.69, 9.17) is 27.5 Å². The maximum Gasteiger partial charge on any atom is 0.139 e. The van der Waals surface area contributed by atoms with Gasteiger partial charge < -0.3 is 10.5 Å². The predicted octanol–water partition coefficient (Wildman–Crippen LogP) is 3.98. The topological polar surface area (TPSA) is 59.1 Å². The molecule has 3 N–H and O–H groups in total. The van der Waals surface area contributed by atoms with Gasteiger partial charge in [-0.15, -0.1) is 0 Å². The highest BCUT2D eigenvalue weighted by Gasteiger charge is 2.11. The largest absolute Gasteiger partial charge is 0.457 e. The molecule has 0 aliphatic heterocycles. The van der Waals surface area contributed by atoms with Gasteiger partial charge in [0.25, 0.3) is 0 Å². The molecule has 19 heavy (non-hydrogen) atoms. The molecule has 98 valence electrons. The summed E-state index contributed by atoms with van der Waals surface area (Å²) in [6.07, 6.45) is 0.937. The molecule has 0 saturated carbocycles. The Kier molecular flexibility index (Phi) is 4.07. The molecular formula is C15H15ClN2O. The van der Waals surface area contributed by atoms with E-state index in [2.05, 4.69) is 6.92 Å². The molecule has 0 bridgehead atoms. The monoisotopic (exact) mass is 274 g/mol. The summed E-state index contributed by atoms with van der Waals surface area (Å²) >= 11 is 6.05. The summed E-state index contributed by atoms with van der Waals surface area (Å²) in [6, 6.07) is 13.0. The molecule has 2 aromatic rings. The lowest BCUT2D eigenvalue weighted by atomic mass is 10.1. The molecule has 0 amide bonds. The highest BCUT2D eigenvalue weighted by molar-refractivity contribution is 6.34. The number of nitrogens with one attached hydrogen (secondary N) is 1. The normalized spacial score (nSPS) is 10.2. The second-order valence-electron chi connectivity index (χ2n) is 4.13. The van der Waals surface area contributed by atoms with Gasteiger partial charge in [0.15, 0.2) is 0 Å². The van der Waals surface area contributed by atoms with Crippen molar-refractivity contribution in [3.8, 4) is 11.5 Å². The molecular weight excluding hydrogens is 260 g/mol. The first-order valence-electron chi connectivity index (χ1n) is 6.01. The van der Waals surface area contributed by atoms with Gasteiger partial charge in [0, 0.05) is 0 Å². The smallest absolute Gasteiger partial charge is 0.139 e. The van der Waals surface area contributed by atoms with Crippen molar-refractivity contribution < 1.29 is 4.74 Å². The fourth-order valence-corrected chi connectivity index (χ4v) is 2.07. The predicted molar refractivity (Wildman–Crippen MR) is 78.4 cm³/mol. The molecule has 2 rings (SSSR count). The third-order valence-electron chi connectivity index (χ3n) is 2.78. The molecule has 0 saturated heterocycles. The van der Waals surface area contributed by atoms with Crippen LogP contribution in [0.4, 0.5) is 0 Å². The van der Waals surface area contributed by atoms with E-state index in [1.54, 1.807) is 18.2 Å². The number of hydrogen-bond donors (Lipinski definition) is 2. The number of rotatable bonds is 4. The summed E-state index contributed by atoms with van der Waals surface area (Å²) in [6.45, 7) is 2.08. The van der Waals surface area contributed by atoms with Crippen molar-refractivity contribution in [1.29, 1.82) is 5.41 Å². The Hall–Kier alpha value is -2.00. The first-order chi connectivity index (χ1) is 9.11. The molecule has 0 aliphatic carbocycles. The molecule has 0 aromatic heterocycles. The summed E-state index contributed by atoms with van der Waals surface area (Å²) in [5, 5.41) is 7.99. The fraction of sp³-hybridized carbons (Fsp3) is 0.133. The zero-order valence-electron chi connectivity index (χ0n) is 10.6. The van der Waals surface area contributed by atoms with Gasteiger partial charge in [-0.25, -0.2) is 0 Å². The second-order valence-corrected chi connectivity index (χ2v) is 4.54. The molecule has 0 aliphatic rings. The van der Waals surface area contributed by atoms with E-state index in [1.807, 2.05) is 24.3 Å². The molecule has 0 fully saturated rings. The van der Waals surface area contributed by atoms with Crippen LogP contribution in [0.5, 0.6) is 11.5 Å². The van der Waals surface area contributed by atoms with Gasteiger partial charge in [0.1, 0.15) is 17.3 Å². The first kappa shape index (κ1) is 13.4. The third-order valence-corrected chi connectivity index (χ3v) is 3.09. The van der Waals surface area contributed by atoms with Crippen molar-refractivity contribution >= 4 is 17.4 Å². The second kappa shape index (κ2) is 5.76. The van der Waals surface area contributed by atoms with Crippen LogP contribution in [0.2, 0.25) is 5.02 Å². The molecule has 0 unspecified atom stereocenters. The van der Waals surface area contributed by atoms with Crippen LogP contribution in [-0.4, -0.2) is 5.84 Å². The number of benzene rings is 2. The highest BCUT2D eigenvalue weighted by atomic mass is 35.5. The number of nitrogen functional groups attached to an aromatic ring is 1.